The summed E-state index contributed by atoms with van der Waals surface area (Å²) in [4.78, 5) is 37.0. The summed E-state index contributed by atoms with van der Waals surface area (Å²) >= 11 is 0. The lowest BCUT2D eigenvalue weighted by Gasteiger charge is -2.26. The third kappa shape index (κ3) is 40.0. The van der Waals surface area contributed by atoms with E-state index in [1.54, 1.807) is 0 Å². The Kier molecular flexibility index (Phi) is 37.5. The first-order chi connectivity index (χ1) is 26.6. The molecule has 0 N–H and O–H groups in total. The molecule has 0 heterocycles. The smallest absolute Gasteiger partial charge is 0.306 e. The van der Waals surface area contributed by atoms with Crippen molar-refractivity contribution in [1.82, 2.24) is 0 Å². The molecule has 2 unspecified atom stereocenters. The van der Waals surface area contributed by atoms with Crippen LogP contribution >= 0.6 is 0 Å². The largest absolute Gasteiger partial charge is 0.545 e. The molecule has 0 spiro atoms. The van der Waals surface area contributed by atoms with E-state index < -0.39 is 24.3 Å². The highest BCUT2D eigenvalue weighted by atomic mass is 16.7. The van der Waals surface area contributed by atoms with Crippen LogP contribution in [0.3, 0.4) is 0 Å². The summed E-state index contributed by atoms with van der Waals surface area (Å²) in [5.41, 5.74) is 0. The van der Waals surface area contributed by atoms with Gasteiger partial charge in [0.15, 0.2) is 12.4 Å². The van der Waals surface area contributed by atoms with E-state index in [0.29, 0.717) is 23.9 Å². The summed E-state index contributed by atoms with van der Waals surface area (Å²) in [6.45, 7) is 4.74. The molecule has 2 atom stereocenters. The molecule has 0 aliphatic carbocycles. The SMILES string of the molecule is CCCCCCCC/C=C\CCCCCCCC(=O)OC(COC(=O)CCCCCCCCCCCCCCCCC)COC(OCC[N+](C)(C)C)C(=O)[O-]. The number of rotatable bonds is 42. The van der Waals surface area contributed by atoms with Gasteiger partial charge in [0, 0.05) is 12.8 Å². The second kappa shape index (κ2) is 38.9. The Balaban J connectivity index is 4.42. The summed E-state index contributed by atoms with van der Waals surface area (Å²) in [5, 5.41) is 11.7. The molecule has 324 valence electrons. The lowest BCUT2D eigenvalue weighted by atomic mass is 10.0. The highest BCUT2D eigenvalue weighted by Gasteiger charge is 2.21. The van der Waals surface area contributed by atoms with Gasteiger partial charge in [0.05, 0.1) is 40.3 Å². The van der Waals surface area contributed by atoms with Crippen LogP contribution in [0.5, 0.6) is 0 Å². The van der Waals surface area contributed by atoms with Crippen molar-refractivity contribution < 1.29 is 42.9 Å². The minimum Gasteiger partial charge on any atom is -0.545 e. The minimum absolute atomic E-state index is 0.149. The number of unbranched alkanes of at least 4 members (excludes halogenated alkanes) is 25. The Labute approximate surface area is 338 Å². The van der Waals surface area contributed by atoms with Crippen molar-refractivity contribution >= 4 is 17.9 Å². The fraction of sp³-hybridized carbons (Fsp3) is 0.891. The Morgan fingerprint density at radius 2 is 0.927 bits per heavy atom. The number of carbonyl (C=O) groups is 3. The van der Waals surface area contributed by atoms with Crippen molar-refractivity contribution in [2.24, 2.45) is 0 Å². The third-order valence-electron chi connectivity index (χ3n) is 10.0. The Bertz CT molecular complexity index is 918. The lowest BCUT2D eigenvalue weighted by Crippen LogP contribution is -2.44. The number of quaternary nitrogens is 1. The van der Waals surface area contributed by atoms with Crippen LogP contribution in [0.15, 0.2) is 12.2 Å². The van der Waals surface area contributed by atoms with E-state index in [-0.39, 0.29) is 32.2 Å². The molecule has 9 nitrogen and oxygen atoms in total. The molecular weight excluding hydrogens is 695 g/mol. The van der Waals surface area contributed by atoms with Crippen molar-refractivity contribution in [2.75, 3.05) is 47.5 Å². The number of likely N-dealkylation sites (N-methyl/N-ethyl adjacent to an activating group) is 1. The fourth-order valence-corrected chi connectivity index (χ4v) is 6.41. The van der Waals surface area contributed by atoms with Crippen LogP contribution in [0.25, 0.3) is 0 Å². The number of hydrogen-bond donors (Lipinski definition) is 0. The standard InChI is InChI=1S/C46H87NO8/c1-6-8-10-12-14-16-18-20-22-24-26-28-30-32-34-36-43(48)53-40-42(41-54-46(45(50)51)52-39-38-47(3,4)5)55-44(49)37-35-33-31-29-27-25-23-21-19-17-15-13-11-9-7-2/h21,23,42,46H,6-20,22,24-41H2,1-5H3/b23-21-. The third-order valence-corrected chi connectivity index (χ3v) is 10.0. The molecule has 0 amide bonds. The van der Waals surface area contributed by atoms with Crippen LogP contribution in [0.2, 0.25) is 0 Å². The van der Waals surface area contributed by atoms with Gasteiger partial charge in [-0.1, -0.05) is 167 Å². The Morgan fingerprint density at radius 3 is 1.35 bits per heavy atom. The molecule has 0 aliphatic heterocycles. The van der Waals surface area contributed by atoms with Gasteiger partial charge in [0.25, 0.3) is 0 Å². The summed E-state index contributed by atoms with van der Waals surface area (Å²) in [6, 6.07) is 0. The first kappa shape index (κ1) is 53.0. The second-order valence-corrected chi connectivity index (χ2v) is 16.7. The van der Waals surface area contributed by atoms with E-state index in [1.807, 2.05) is 21.1 Å². The van der Waals surface area contributed by atoms with Gasteiger partial charge in [0.1, 0.15) is 13.2 Å². The zero-order chi connectivity index (χ0) is 40.7. The van der Waals surface area contributed by atoms with Crippen molar-refractivity contribution in [3.05, 3.63) is 12.2 Å². The number of carboxylic acids is 1. The van der Waals surface area contributed by atoms with Gasteiger partial charge in [-0.15, -0.1) is 0 Å². The molecule has 0 saturated heterocycles. The second-order valence-electron chi connectivity index (χ2n) is 16.7. The number of ether oxygens (including phenoxy) is 4. The van der Waals surface area contributed by atoms with Gasteiger partial charge >= 0.3 is 11.9 Å². The molecule has 0 bridgehead atoms. The number of esters is 2. The van der Waals surface area contributed by atoms with Crippen LogP contribution < -0.4 is 5.11 Å². The molecule has 55 heavy (non-hydrogen) atoms. The van der Waals surface area contributed by atoms with Gasteiger partial charge in [-0.25, -0.2) is 0 Å². The predicted molar refractivity (Wildman–Crippen MR) is 223 cm³/mol. The molecule has 0 radical (unpaired) electrons. The molecule has 9 heteroatoms. The average molecular weight is 782 g/mol. The van der Waals surface area contributed by atoms with Gasteiger partial charge in [-0.05, 0) is 38.5 Å². The molecule has 0 aromatic heterocycles. The van der Waals surface area contributed by atoms with Crippen LogP contribution in [0.4, 0.5) is 0 Å². The minimum atomic E-state index is -1.62. The Hall–Kier alpha value is -1.97. The van der Waals surface area contributed by atoms with Gasteiger partial charge in [-0.3, -0.25) is 9.59 Å². The normalized spacial score (nSPS) is 13.0. The molecule has 0 aliphatic rings. The molecule has 0 aromatic carbocycles. The molecule has 0 aromatic rings. The summed E-state index contributed by atoms with van der Waals surface area (Å²) < 4.78 is 22.5. The highest BCUT2D eigenvalue weighted by Crippen LogP contribution is 2.15. The van der Waals surface area contributed by atoms with Crippen molar-refractivity contribution in [3.63, 3.8) is 0 Å². The van der Waals surface area contributed by atoms with Gasteiger partial charge < -0.3 is 33.3 Å². The van der Waals surface area contributed by atoms with E-state index in [9.17, 15) is 19.5 Å². The summed E-state index contributed by atoms with van der Waals surface area (Å²) in [7, 11) is 5.91. The zero-order valence-corrected chi connectivity index (χ0v) is 36.6. The van der Waals surface area contributed by atoms with Gasteiger partial charge in [0.2, 0.25) is 0 Å². The number of allylic oxidation sites excluding steroid dienone is 2. The molecule has 0 saturated carbocycles. The topological polar surface area (TPSA) is 111 Å². The van der Waals surface area contributed by atoms with Crippen molar-refractivity contribution in [2.45, 2.75) is 219 Å². The van der Waals surface area contributed by atoms with Crippen LogP contribution in [0, 0.1) is 0 Å². The lowest BCUT2D eigenvalue weighted by molar-refractivity contribution is -0.870. The maximum atomic E-state index is 12.7. The molecule has 0 rings (SSSR count). The zero-order valence-electron chi connectivity index (χ0n) is 36.6. The monoisotopic (exact) mass is 782 g/mol. The van der Waals surface area contributed by atoms with Crippen LogP contribution in [0.1, 0.15) is 206 Å². The first-order valence-electron chi connectivity index (χ1n) is 22.8. The fourth-order valence-electron chi connectivity index (χ4n) is 6.41. The van der Waals surface area contributed by atoms with Crippen molar-refractivity contribution in [3.8, 4) is 0 Å². The average Bonchev–Trinajstić information content (AvgIpc) is 3.14. The maximum Gasteiger partial charge on any atom is 0.306 e. The van der Waals surface area contributed by atoms with E-state index in [1.165, 1.54) is 122 Å². The Morgan fingerprint density at radius 1 is 0.527 bits per heavy atom. The van der Waals surface area contributed by atoms with E-state index in [4.69, 9.17) is 18.9 Å². The highest BCUT2D eigenvalue weighted by molar-refractivity contribution is 5.70. The van der Waals surface area contributed by atoms with E-state index in [2.05, 4.69) is 26.0 Å². The van der Waals surface area contributed by atoms with Gasteiger partial charge in [-0.2, -0.15) is 0 Å². The van der Waals surface area contributed by atoms with Crippen LogP contribution in [-0.2, 0) is 33.3 Å². The number of carbonyl (C=O) groups excluding carboxylic acids is 3. The summed E-state index contributed by atoms with van der Waals surface area (Å²) in [6.07, 6.45) is 36.6. The predicted octanol–water partition coefficient (Wildman–Crippen LogP) is 10.6. The number of carboxylic acid groups (broad SMARTS) is 1. The quantitative estimate of drug-likeness (QED) is 0.0198. The summed E-state index contributed by atoms with van der Waals surface area (Å²) in [5.74, 6) is -2.28. The van der Waals surface area contributed by atoms with Crippen molar-refractivity contribution in [1.29, 1.82) is 0 Å². The maximum absolute atomic E-state index is 12.7. The number of aliphatic carboxylic acids is 1. The number of hydrogen-bond acceptors (Lipinski definition) is 8. The van der Waals surface area contributed by atoms with Crippen LogP contribution in [-0.4, -0.2) is 82.3 Å². The van der Waals surface area contributed by atoms with E-state index >= 15 is 0 Å². The number of nitrogens with zero attached hydrogens (tertiary/aromatic N) is 1. The molecular formula is C46H87NO8. The van der Waals surface area contributed by atoms with E-state index in [0.717, 1.165) is 51.4 Å². The molecule has 0 fully saturated rings. The first-order valence-corrected chi connectivity index (χ1v) is 22.8.